The maximum atomic E-state index is 13.5. The van der Waals surface area contributed by atoms with Crippen LogP contribution in [-0.2, 0) is 0 Å². The van der Waals surface area contributed by atoms with Crippen molar-refractivity contribution < 1.29 is 27.8 Å². The fraction of sp³-hybridized carbons (Fsp3) is 0.188. The highest BCUT2D eigenvalue weighted by Gasteiger charge is 2.15. The van der Waals surface area contributed by atoms with Crippen LogP contribution in [0.5, 0.6) is 17.2 Å². The molecular formula is C16H16F2N2O4. The standard InChI is InChI=1S/C16H16F2N2O4/c1-22-13-7-10(8-14(23-2)15(13)24-3)19-16(21)20-12-6-9(17)4-5-11(12)18/h4-8H,1-3H3,(H2,19,20,21). The van der Waals surface area contributed by atoms with Gasteiger partial charge in [0, 0.05) is 18.2 Å². The second kappa shape index (κ2) is 7.49. The molecule has 0 radical (unpaired) electrons. The third-order valence-corrected chi connectivity index (χ3v) is 3.10. The van der Waals surface area contributed by atoms with Gasteiger partial charge in [-0.05, 0) is 12.1 Å². The van der Waals surface area contributed by atoms with E-state index >= 15 is 0 Å². The minimum absolute atomic E-state index is 0.278. The van der Waals surface area contributed by atoms with E-state index in [1.165, 1.54) is 33.5 Å². The molecule has 0 saturated carbocycles. The molecule has 0 atom stereocenters. The van der Waals surface area contributed by atoms with Crippen LogP contribution in [0.15, 0.2) is 30.3 Å². The molecule has 6 nitrogen and oxygen atoms in total. The lowest BCUT2D eigenvalue weighted by Crippen LogP contribution is -2.20. The molecule has 0 aliphatic carbocycles. The van der Waals surface area contributed by atoms with Crippen molar-refractivity contribution in [1.82, 2.24) is 0 Å². The molecule has 0 heterocycles. The molecule has 0 unspecified atom stereocenters. The lowest BCUT2D eigenvalue weighted by molar-refractivity contribution is 0.262. The third-order valence-electron chi connectivity index (χ3n) is 3.10. The Labute approximate surface area is 137 Å². The summed E-state index contributed by atoms with van der Waals surface area (Å²) in [6.45, 7) is 0. The Bertz CT molecular complexity index is 728. The number of amides is 2. The SMILES string of the molecule is COc1cc(NC(=O)Nc2cc(F)ccc2F)cc(OC)c1OC. The van der Waals surface area contributed by atoms with Crippen molar-refractivity contribution in [3.63, 3.8) is 0 Å². The molecule has 0 bridgehead atoms. The van der Waals surface area contributed by atoms with Gasteiger partial charge in [-0.3, -0.25) is 0 Å². The molecule has 2 rings (SSSR count). The van der Waals surface area contributed by atoms with Gasteiger partial charge in [-0.25, -0.2) is 13.6 Å². The molecule has 128 valence electrons. The first-order chi connectivity index (χ1) is 11.5. The largest absolute Gasteiger partial charge is 0.493 e. The van der Waals surface area contributed by atoms with E-state index in [-0.39, 0.29) is 5.69 Å². The molecule has 0 saturated heterocycles. The van der Waals surface area contributed by atoms with Crippen LogP contribution in [0.25, 0.3) is 0 Å². The molecule has 0 spiro atoms. The zero-order valence-electron chi connectivity index (χ0n) is 13.3. The van der Waals surface area contributed by atoms with Crippen LogP contribution in [-0.4, -0.2) is 27.4 Å². The van der Waals surface area contributed by atoms with Gasteiger partial charge in [-0.2, -0.15) is 0 Å². The molecule has 2 amide bonds. The van der Waals surface area contributed by atoms with Crippen LogP contribution in [0.3, 0.4) is 0 Å². The smallest absolute Gasteiger partial charge is 0.323 e. The fourth-order valence-electron chi connectivity index (χ4n) is 2.03. The Morgan fingerprint density at radius 3 is 2.08 bits per heavy atom. The van der Waals surface area contributed by atoms with Crippen molar-refractivity contribution in [2.45, 2.75) is 0 Å². The van der Waals surface area contributed by atoms with Gasteiger partial charge < -0.3 is 24.8 Å². The Morgan fingerprint density at radius 1 is 0.917 bits per heavy atom. The number of carbonyl (C=O) groups is 1. The molecule has 0 fully saturated rings. The van der Waals surface area contributed by atoms with Crippen LogP contribution >= 0.6 is 0 Å². The zero-order valence-corrected chi connectivity index (χ0v) is 13.3. The van der Waals surface area contributed by atoms with E-state index in [4.69, 9.17) is 14.2 Å². The summed E-state index contributed by atoms with van der Waals surface area (Å²) < 4.78 is 42.2. The minimum Gasteiger partial charge on any atom is -0.493 e. The topological polar surface area (TPSA) is 68.8 Å². The van der Waals surface area contributed by atoms with Crippen molar-refractivity contribution in [3.05, 3.63) is 42.0 Å². The number of urea groups is 1. The summed E-state index contributed by atoms with van der Waals surface area (Å²) in [4.78, 5) is 12.0. The summed E-state index contributed by atoms with van der Waals surface area (Å²) in [5, 5.41) is 4.71. The summed E-state index contributed by atoms with van der Waals surface area (Å²) >= 11 is 0. The Hall–Kier alpha value is -3.03. The van der Waals surface area contributed by atoms with Crippen molar-refractivity contribution in [1.29, 1.82) is 0 Å². The first kappa shape index (κ1) is 17.3. The predicted octanol–water partition coefficient (Wildman–Crippen LogP) is 3.63. The molecule has 2 aromatic carbocycles. The van der Waals surface area contributed by atoms with Gasteiger partial charge in [0.15, 0.2) is 11.5 Å². The van der Waals surface area contributed by atoms with Crippen molar-refractivity contribution in [2.24, 2.45) is 0 Å². The van der Waals surface area contributed by atoms with Crippen LogP contribution in [0.1, 0.15) is 0 Å². The van der Waals surface area contributed by atoms with Crippen LogP contribution < -0.4 is 24.8 Å². The van der Waals surface area contributed by atoms with Crippen LogP contribution in [0, 0.1) is 11.6 Å². The van der Waals surface area contributed by atoms with Gasteiger partial charge in [0.25, 0.3) is 0 Å². The van der Waals surface area contributed by atoms with Crippen molar-refractivity contribution in [2.75, 3.05) is 32.0 Å². The number of rotatable bonds is 5. The number of benzene rings is 2. The maximum absolute atomic E-state index is 13.5. The molecule has 0 aromatic heterocycles. The van der Waals surface area contributed by atoms with E-state index in [0.29, 0.717) is 22.9 Å². The Morgan fingerprint density at radius 2 is 1.54 bits per heavy atom. The predicted molar refractivity (Wildman–Crippen MR) is 85.1 cm³/mol. The number of methoxy groups -OCH3 is 3. The molecule has 24 heavy (non-hydrogen) atoms. The highest BCUT2D eigenvalue weighted by atomic mass is 19.1. The average Bonchev–Trinajstić information content (AvgIpc) is 2.57. The first-order valence-electron chi connectivity index (χ1n) is 6.81. The van der Waals surface area contributed by atoms with Gasteiger partial charge in [0.05, 0.1) is 32.7 Å². The molecule has 2 N–H and O–H groups in total. The lowest BCUT2D eigenvalue weighted by atomic mass is 10.2. The number of hydrogen-bond acceptors (Lipinski definition) is 4. The fourth-order valence-corrected chi connectivity index (χ4v) is 2.03. The normalized spacial score (nSPS) is 10.0. The highest BCUT2D eigenvalue weighted by Crippen LogP contribution is 2.39. The maximum Gasteiger partial charge on any atom is 0.323 e. The van der Waals surface area contributed by atoms with Crippen molar-refractivity contribution >= 4 is 17.4 Å². The summed E-state index contributed by atoms with van der Waals surface area (Å²) in [6, 6.07) is 5.01. The number of halogens is 2. The molecular weight excluding hydrogens is 322 g/mol. The molecule has 2 aromatic rings. The number of anilines is 2. The Balaban J connectivity index is 2.21. The van der Waals surface area contributed by atoms with Gasteiger partial charge in [0.2, 0.25) is 5.75 Å². The number of ether oxygens (including phenoxy) is 3. The van der Waals surface area contributed by atoms with Crippen LogP contribution in [0.4, 0.5) is 25.0 Å². The monoisotopic (exact) mass is 338 g/mol. The minimum atomic E-state index is -0.756. The third kappa shape index (κ3) is 3.83. The average molecular weight is 338 g/mol. The van der Waals surface area contributed by atoms with Crippen molar-refractivity contribution in [3.8, 4) is 17.2 Å². The van der Waals surface area contributed by atoms with E-state index in [0.717, 1.165) is 18.2 Å². The van der Waals surface area contributed by atoms with E-state index in [1.54, 1.807) is 0 Å². The molecule has 0 aliphatic heterocycles. The van der Waals surface area contributed by atoms with Gasteiger partial charge >= 0.3 is 6.03 Å². The van der Waals surface area contributed by atoms with E-state index in [1.807, 2.05) is 0 Å². The van der Waals surface area contributed by atoms with E-state index in [2.05, 4.69) is 10.6 Å². The summed E-state index contributed by atoms with van der Waals surface area (Å²) in [5.74, 6) is -0.383. The lowest BCUT2D eigenvalue weighted by Gasteiger charge is -2.15. The van der Waals surface area contributed by atoms with Crippen LogP contribution in [0.2, 0.25) is 0 Å². The summed E-state index contributed by atoms with van der Waals surface area (Å²) in [7, 11) is 4.32. The number of carbonyl (C=O) groups excluding carboxylic acids is 1. The van der Waals surface area contributed by atoms with Gasteiger partial charge in [-0.15, -0.1) is 0 Å². The second-order valence-electron chi connectivity index (χ2n) is 4.62. The Kier molecular flexibility index (Phi) is 5.41. The molecule has 0 aliphatic rings. The van der Waals surface area contributed by atoms with Gasteiger partial charge in [-0.1, -0.05) is 0 Å². The first-order valence-corrected chi connectivity index (χ1v) is 6.81. The number of hydrogen-bond donors (Lipinski definition) is 2. The second-order valence-corrected chi connectivity index (χ2v) is 4.62. The summed E-state index contributed by atoms with van der Waals surface area (Å²) in [5.41, 5.74) is 0.0405. The van der Waals surface area contributed by atoms with Gasteiger partial charge in [0.1, 0.15) is 11.6 Å². The molecule has 8 heteroatoms. The van der Waals surface area contributed by atoms with E-state index in [9.17, 15) is 13.6 Å². The van der Waals surface area contributed by atoms with E-state index < -0.39 is 17.7 Å². The number of nitrogens with one attached hydrogen (secondary N) is 2. The zero-order chi connectivity index (χ0) is 17.7. The highest BCUT2D eigenvalue weighted by molar-refractivity contribution is 6.00. The quantitative estimate of drug-likeness (QED) is 0.873. The summed E-state index contributed by atoms with van der Waals surface area (Å²) in [6.07, 6.45) is 0.